The largest absolute Gasteiger partial charge is 0.492 e. The van der Waals surface area contributed by atoms with Gasteiger partial charge in [-0.2, -0.15) is 0 Å². The zero-order chi connectivity index (χ0) is 19.9. The lowest BCUT2D eigenvalue weighted by Crippen LogP contribution is -2.29. The molecule has 0 aliphatic carbocycles. The molecule has 2 aromatic rings. The van der Waals surface area contributed by atoms with Crippen LogP contribution in [0.15, 0.2) is 59.5 Å². The van der Waals surface area contributed by atoms with Crippen LogP contribution in [0, 0.1) is 6.92 Å². The van der Waals surface area contributed by atoms with Crippen molar-refractivity contribution < 1.29 is 17.9 Å². The molecule has 0 fully saturated rings. The average molecular weight is 388 g/mol. The molecule has 0 spiro atoms. The van der Waals surface area contributed by atoms with Crippen molar-refractivity contribution in [2.75, 3.05) is 27.2 Å². The van der Waals surface area contributed by atoms with Crippen LogP contribution in [0.3, 0.4) is 0 Å². The highest BCUT2D eigenvalue weighted by atomic mass is 32.2. The third-order valence-corrected chi connectivity index (χ3v) is 5.40. The number of hydrogen-bond acceptors (Lipinski definition) is 4. The number of ether oxygens (including phenoxy) is 1. The molecular weight excluding hydrogens is 364 g/mol. The van der Waals surface area contributed by atoms with Crippen molar-refractivity contribution in [2.45, 2.75) is 11.8 Å². The predicted octanol–water partition coefficient (Wildman–Crippen LogP) is 2.45. The molecular formula is C20H24N2O4S. The first kappa shape index (κ1) is 20.7. The fourth-order valence-corrected chi connectivity index (χ4v) is 2.95. The van der Waals surface area contributed by atoms with E-state index in [-0.39, 0.29) is 10.8 Å². The molecule has 0 aliphatic heterocycles. The van der Waals surface area contributed by atoms with Crippen molar-refractivity contribution in [2.24, 2.45) is 0 Å². The van der Waals surface area contributed by atoms with Crippen LogP contribution in [0.5, 0.6) is 5.75 Å². The van der Waals surface area contributed by atoms with Crippen LogP contribution in [0.4, 0.5) is 0 Å². The fourth-order valence-electron chi connectivity index (χ4n) is 2.22. The summed E-state index contributed by atoms with van der Waals surface area (Å²) in [5.74, 6) is 0.614. The summed E-state index contributed by atoms with van der Waals surface area (Å²) in [6, 6.07) is 14.0. The monoisotopic (exact) mass is 388 g/mol. The molecule has 0 saturated heterocycles. The summed E-state index contributed by atoms with van der Waals surface area (Å²) in [6.45, 7) is 2.86. The van der Waals surface area contributed by atoms with Crippen molar-refractivity contribution in [1.82, 2.24) is 9.62 Å². The zero-order valence-corrected chi connectivity index (χ0v) is 16.5. The number of nitrogens with one attached hydrogen (secondary N) is 1. The lowest BCUT2D eigenvalue weighted by atomic mass is 10.2. The minimum atomic E-state index is -3.46. The van der Waals surface area contributed by atoms with Crippen molar-refractivity contribution >= 4 is 22.0 Å². The number of sulfonamides is 1. The molecule has 6 nitrogen and oxygen atoms in total. The van der Waals surface area contributed by atoms with Gasteiger partial charge in [0.25, 0.3) is 0 Å². The van der Waals surface area contributed by atoms with E-state index in [0.29, 0.717) is 13.2 Å². The quantitative estimate of drug-likeness (QED) is 0.705. The molecule has 0 aromatic heterocycles. The minimum Gasteiger partial charge on any atom is -0.492 e. The second-order valence-electron chi connectivity index (χ2n) is 6.03. The maximum absolute atomic E-state index is 12.2. The van der Waals surface area contributed by atoms with Crippen LogP contribution in [0.2, 0.25) is 0 Å². The smallest absolute Gasteiger partial charge is 0.246 e. The maximum Gasteiger partial charge on any atom is 0.246 e. The number of likely N-dealkylation sites (N-methyl/N-ethyl adjacent to an activating group) is 1. The van der Waals surface area contributed by atoms with Crippen LogP contribution in [-0.4, -0.2) is 46.5 Å². The highest BCUT2D eigenvalue weighted by Gasteiger charge is 2.10. The van der Waals surface area contributed by atoms with Crippen LogP contribution in [-0.2, 0) is 14.8 Å². The van der Waals surface area contributed by atoms with Gasteiger partial charge in [-0.1, -0.05) is 29.8 Å². The van der Waals surface area contributed by atoms with Crippen molar-refractivity contribution in [3.8, 4) is 5.75 Å². The van der Waals surface area contributed by atoms with Crippen LogP contribution < -0.4 is 9.46 Å². The van der Waals surface area contributed by atoms with E-state index in [0.717, 1.165) is 16.9 Å². The maximum atomic E-state index is 12.2. The summed E-state index contributed by atoms with van der Waals surface area (Å²) in [5.41, 5.74) is 1.90. The van der Waals surface area contributed by atoms with Crippen LogP contribution in [0.25, 0.3) is 6.08 Å². The Balaban J connectivity index is 1.85. The van der Waals surface area contributed by atoms with Gasteiger partial charge in [-0.3, -0.25) is 4.79 Å². The first-order valence-corrected chi connectivity index (χ1v) is 9.96. The summed E-state index contributed by atoms with van der Waals surface area (Å²) in [6.07, 6.45) is 3.10. The van der Waals surface area contributed by atoms with E-state index < -0.39 is 10.0 Å². The van der Waals surface area contributed by atoms with Crippen molar-refractivity contribution in [3.05, 3.63) is 65.7 Å². The molecule has 7 heteroatoms. The van der Waals surface area contributed by atoms with Gasteiger partial charge in [0.2, 0.25) is 15.9 Å². The van der Waals surface area contributed by atoms with E-state index in [1.165, 1.54) is 25.3 Å². The number of rotatable bonds is 8. The van der Waals surface area contributed by atoms with Gasteiger partial charge in [-0.15, -0.1) is 0 Å². The van der Waals surface area contributed by atoms with Crippen molar-refractivity contribution in [1.29, 1.82) is 0 Å². The lowest BCUT2D eigenvalue weighted by molar-refractivity contribution is -0.125. The fraction of sp³-hybridized carbons (Fsp3) is 0.250. The third-order valence-electron chi connectivity index (χ3n) is 3.97. The summed E-state index contributed by atoms with van der Waals surface area (Å²) in [4.78, 5) is 13.9. The molecule has 0 unspecified atom stereocenters. The Kier molecular flexibility index (Phi) is 7.15. The number of nitrogens with zero attached hydrogens (tertiary/aromatic N) is 1. The van der Waals surface area contributed by atoms with Crippen LogP contribution in [0.1, 0.15) is 11.1 Å². The summed E-state index contributed by atoms with van der Waals surface area (Å²) < 4.78 is 31.2. The van der Waals surface area contributed by atoms with Crippen molar-refractivity contribution in [3.63, 3.8) is 0 Å². The van der Waals surface area contributed by atoms with Gasteiger partial charge in [0.05, 0.1) is 11.4 Å². The van der Waals surface area contributed by atoms with Crippen LogP contribution >= 0.6 is 0 Å². The predicted molar refractivity (Wildman–Crippen MR) is 106 cm³/mol. The second-order valence-corrected chi connectivity index (χ2v) is 7.92. The van der Waals surface area contributed by atoms with E-state index in [2.05, 4.69) is 4.72 Å². The van der Waals surface area contributed by atoms with E-state index in [9.17, 15) is 13.2 Å². The molecule has 0 atom stereocenters. The molecule has 144 valence electrons. The van der Waals surface area contributed by atoms with E-state index in [1.807, 2.05) is 31.2 Å². The zero-order valence-electron chi connectivity index (χ0n) is 15.7. The topological polar surface area (TPSA) is 75.7 Å². The van der Waals surface area contributed by atoms with Gasteiger partial charge in [-0.25, -0.2) is 13.1 Å². The average Bonchev–Trinajstić information content (AvgIpc) is 2.67. The standard InChI is InChI=1S/C20H24N2O4S/c1-16-4-9-18(10-5-16)26-15-14-22(3)20(23)13-8-17-6-11-19(12-7-17)27(24,25)21-2/h4-13,21H,14-15H2,1-3H3/b13-8+. The Labute approximate surface area is 160 Å². The first-order chi connectivity index (χ1) is 12.8. The molecule has 2 rings (SSSR count). The van der Waals surface area contributed by atoms with Gasteiger partial charge in [0, 0.05) is 13.1 Å². The third kappa shape index (κ3) is 6.23. The SMILES string of the molecule is CNS(=O)(=O)c1ccc(/C=C/C(=O)N(C)CCOc2ccc(C)cc2)cc1. The number of amides is 1. The molecule has 1 amide bonds. The number of aryl methyl sites for hydroxylation is 1. The molecule has 27 heavy (non-hydrogen) atoms. The van der Waals surface area contributed by atoms with E-state index in [1.54, 1.807) is 30.2 Å². The normalized spacial score (nSPS) is 11.5. The van der Waals surface area contributed by atoms with Gasteiger partial charge >= 0.3 is 0 Å². The number of carbonyl (C=O) groups excluding carboxylic acids is 1. The Bertz CT molecular complexity index is 889. The van der Waals surface area contributed by atoms with Gasteiger partial charge in [0.15, 0.2) is 0 Å². The molecule has 0 saturated carbocycles. The first-order valence-electron chi connectivity index (χ1n) is 8.48. The molecule has 0 radical (unpaired) electrons. The van der Waals surface area contributed by atoms with E-state index in [4.69, 9.17) is 4.74 Å². The second kappa shape index (κ2) is 9.34. The summed E-state index contributed by atoms with van der Waals surface area (Å²) in [5, 5.41) is 0. The highest BCUT2D eigenvalue weighted by Crippen LogP contribution is 2.12. The highest BCUT2D eigenvalue weighted by molar-refractivity contribution is 7.89. The van der Waals surface area contributed by atoms with Gasteiger partial charge < -0.3 is 9.64 Å². The number of hydrogen-bond donors (Lipinski definition) is 1. The van der Waals surface area contributed by atoms with Gasteiger partial charge in [-0.05, 0) is 49.9 Å². The Hall–Kier alpha value is -2.64. The lowest BCUT2D eigenvalue weighted by Gasteiger charge is -2.15. The van der Waals surface area contributed by atoms with E-state index >= 15 is 0 Å². The molecule has 0 bridgehead atoms. The van der Waals surface area contributed by atoms with Gasteiger partial charge in [0.1, 0.15) is 12.4 Å². The molecule has 0 aliphatic rings. The molecule has 2 aromatic carbocycles. The Morgan fingerprint density at radius 3 is 2.33 bits per heavy atom. The number of benzene rings is 2. The summed E-state index contributed by atoms with van der Waals surface area (Å²) in [7, 11) is -0.395. The Morgan fingerprint density at radius 2 is 1.74 bits per heavy atom. The summed E-state index contributed by atoms with van der Waals surface area (Å²) >= 11 is 0. The number of carbonyl (C=O) groups is 1. The molecule has 0 heterocycles. The Morgan fingerprint density at radius 1 is 1.11 bits per heavy atom. The minimum absolute atomic E-state index is 0.158. The molecule has 1 N–H and O–H groups in total.